The number of halogens is 4. The van der Waals surface area contributed by atoms with Gasteiger partial charge in [-0.05, 0) is 53.5 Å². The number of benzene rings is 2. The number of hydrogen-bond acceptors (Lipinski definition) is 2. The van der Waals surface area contributed by atoms with Crippen molar-refractivity contribution in [3.8, 4) is 0 Å². The summed E-state index contributed by atoms with van der Waals surface area (Å²) >= 11 is 13.5. The smallest absolute Gasteiger partial charge is 0.252 e. The third-order valence-electron chi connectivity index (χ3n) is 2.10. The third-order valence-corrected chi connectivity index (χ3v) is 3.03. The van der Waals surface area contributed by atoms with Crippen molar-refractivity contribution in [2.75, 3.05) is 0 Å². The minimum Gasteiger partial charge on any atom is -0.276 e. The molecule has 2 nitrogen and oxygen atoms in total. The zero-order chi connectivity index (χ0) is 15.1. The number of carbonyl (C=O) groups excluding carboxylic acids is 2. The van der Waals surface area contributed by atoms with Gasteiger partial charge in [0.15, 0.2) is 0 Å². The zero-order valence-electron chi connectivity index (χ0n) is 9.95. The lowest BCUT2D eigenvalue weighted by atomic mass is 10.2. The highest BCUT2D eigenvalue weighted by atomic mass is 79.9. The predicted octanol–water partition coefficient (Wildman–Crippen LogP) is 5.03. The van der Waals surface area contributed by atoms with Crippen LogP contribution in [0.4, 0.5) is 4.39 Å². The molecule has 0 unspecified atom stereocenters. The van der Waals surface area contributed by atoms with Crippen LogP contribution in [-0.4, -0.2) is 10.5 Å². The van der Waals surface area contributed by atoms with Gasteiger partial charge in [-0.15, -0.1) is 0 Å². The maximum atomic E-state index is 12.3. The molecule has 2 rings (SSSR count). The topological polar surface area (TPSA) is 34.1 Å². The molecule has 6 heteroatoms. The predicted molar refractivity (Wildman–Crippen MR) is 80.9 cm³/mol. The fraction of sp³-hybridized carbons (Fsp3) is 0. The van der Waals surface area contributed by atoms with Gasteiger partial charge in [-0.25, -0.2) is 4.39 Å². The van der Waals surface area contributed by atoms with Crippen LogP contribution >= 0.6 is 39.1 Å². The second kappa shape index (κ2) is 8.15. The largest absolute Gasteiger partial charge is 0.276 e. The molecule has 0 fully saturated rings. The normalized spacial score (nSPS) is 9.40. The molecule has 0 aliphatic heterocycles. The fourth-order valence-electron chi connectivity index (χ4n) is 1.22. The maximum Gasteiger partial charge on any atom is 0.252 e. The average molecular weight is 378 g/mol. The van der Waals surface area contributed by atoms with Gasteiger partial charge in [0.25, 0.3) is 10.5 Å². The zero-order valence-corrected chi connectivity index (χ0v) is 13.0. The molecule has 0 spiro atoms. The Kier molecular flexibility index (Phi) is 6.85. The van der Waals surface area contributed by atoms with Crippen molar-refractivity contribution < 1.29 is 14.0 Å². The van der Waals surface area contributed by atoms with Crippen molar-refractivity contribution >= 4 is 49.6 Å². The molecular weight excluding hydrogens is 370 g/mol. The highest BCUT2D eigenvalue weighted by Gasteiger charge is 2.00. The molecule has 0 aliphatic rings. The van der Waals surface area contributed by atoms with Crippen LogP contribution < -0.4 is 0 Å². The Balaban J connectivity index is 0.000000200. The first-order valence-corrected chi connectivity index (χ1v) is 6.86. The van der Waals surface area contributed by atoms with E-state index in [9.17, 15) is 14.0 Å². The van der Waals surface area contributed by atoms with Crippen LogP contribution in [0.5, 0.6) is 0 Å². The Labute approximate surface area is 133 Å². The summed E-state index contributed by atoms with van der Waals surface area (Å²) in [6.07, 6.45) is 0. The summed E-state index contributed by atoms with van der Waals surface area (Å²) in [5, 5.41) is -1.07. The van der Waals surface area contributed by atoms with Gasteiger partial charge in [0.2, 0.25) is 0 Å². The number of hydrogen-bond donors (Lipinski definition) is 0. The van der Waals surface area contributed by atoms with Gasteiger partial charge in [-0.1, -0.05) is 34.1 Å². The summed E-state index contributed by atoms with van der Waals surface area (Å²) in [5.41, 5.74) is 0.692. The molecule has 2 aromatic rings. The fourth-order valence-corrected chi connectivity index (χ4v) is 1.86. The lowest BCUT2D eigenvalue weighted by Crippen LogP contribution is -1.87. The lowest BCUT2D eigenvalue weighted by Gasteiger charge is -1.92. The van der Waals surface area contributed by atoms with E-state index in [-0.39, 0.29) is 5.56 Å². The second-order valence-corrected chi connectivity index (χ2v) is 5.17. The SMILES string of the molecule is O=C(Cl)c1cccc(Br)c1.O=C(Cl)c1cccc(F)c1. The van der Waals surface area contributed by atoms with Crippen LogP contribution in [0.3, 0.4) is 0 Å². The van der Waals surface area contributed by atoms with Gasteiger partial charge >= 0.3 is 0 Å². The summed E-state index contributed by atoms with van der Waals surface area (Å²) in [4.78, 5) is 20.9. The van der Waals surface area contributed by atoms with E-state index < -0.39 is 16.3 Å². The van der Waals surface area contributed by atoms with E-state index in [2.05, 4.69) is 15.9 Å². The average Bonchev–Trinajstić information content (AvgIpc) is 2.39. The molecule has 2 aromatic carbocycles. The van der Waals surface area contributed by atoms with Gasteiger partial charge in [0.05, 0.1) is 0 Å². The molecule has 0 bridgehead atoms. The Bertz CT molecular complexity index is 577. The van der Waals surface area contributed by atoms with Crippen LogP contribution in [0.15, 0.2) is 53.0 Å². The van der Waals surface area contributed by atoms with Crippen LogP contribution in [0.1, 0.15) is 20.7 Å². The first-order chi connectivity index (χ1) is 9.40. The Morgan fingerprint density at radius 3 is 1.75 bits per heavy atom. The van der Waals surface area contributed by atoms with E-state index in [4.69, 9.17) is 23.2 Å². The van der Waals surface area contributed by atoms with Gasteiger partial charge in [0.1, 0.15) is 5.82 Å². The molecule has 0 heterocycles. The Morgan fingerprint density at radius 1 is 0.900 bits per heavy atom. The molecule has 0 radical (unpaired) electrons. The van der Waals surface area contributed by atoms with Crippen LogP contribution in [0.25, 0.3) is 0 Å². The Morgan fingerprint density at radius 2 is 1.40 bits per heavy atom. The van der Waals surface area contributed by atoms with Crippen molar-refractivity contribution in [1.29, 1.82) is 0 Å². The first kappa shape index (κ1) is 16.8. The van der Waals surface area contributed by atoms with Gasteiger partial charge in [-0.2, -0.15) is 0 Å². The molecule has 0 aliphatic carbocycles. The first-order valence-electron chi connectivity index (χ1n) is 5.31. The monoisotopic (exact) mass is 376 g/mol. The minimum atomic E-state index is -0.639. The van der Waals surface area contributed by atoms with Gasteiger partial charge in [-0.3, -0.25) is 9.59 Å². The second-order valence-electron chi connectivity index (χ2n) is 3.57. The lowest BCUT2D eigenvalue weighted by molar-refractivity contribution is 0.107. The molecule has 0 N–H and O–H groups in total. The summed E-state index contributed by atoms with van der Waals surface area (Å²) in [5.74, 6) is -0.452. The van der Waals surface area contributed by atoms with E-state index in [0.29, 0.717) is 5.56 Å². The quantitative estimate of drug-likeness (QED) is 0.687. The molecule has 0 amide bonds. The number of rotatable bonds is 2. The van der Waals surface area contributed by atoms with Crippen molar-refractivity contribution in [2.24, 2.45) is 0 Å². The molecule has 0 aromatic heterocycles. The van der Waals surface area contributed by atoms with Crippen molar-refractivity contribution in [1.82, 2.24) is 0 Å². The van der Waals surface area contributed by atoms with Gasteiger partial charge in [0, 0.05) is 15.6 Å². The highest BCUT2D eigenvalue weighted by molar-refractivity contribution is 9.10. The van der Waals surface area contributed by atoms with Crippen molar-refractivity contribution in [3.05, 3.63) is 69.9 Å². The molecule has 0 saturated carbocycles. The highest BCUT2D eigenvalue weighted by Crippen LogP contribution is 2.12. The van der Waals surface area contributed by atoms with Crippen molar-refractivity contribution in [3.63, 3.8) is 0 Å². The van der Waals surface area contributed by atoms with Crippen LogP contribution in [0, 0.1) is 5.82 Å². The minimum absolute atomic E-state index is 0.182. The molecular formula is C14H8BrCl2FO2. The van der Waals surface area contributed by atoms with E-state index in [1.54, 1.807) is 18.2 Å². The summed E-state index contributed by atoms with van der Waals surface area (Å²) < 4.78 is 13.2. The summed E-state index contributed by atoms with van der Waals surface area (Å²) in [6, 6.07) is 12.2. The third kappa shape index (κ3) is 5.82. The Hall–Kier alpha value is -1.23. The standard InChI is InChI=1S/C7H4BrClO.C7H4ClFO/c8-6-3-1-2-5(4-6)7(9)10;8-7(10)5-2-1-3-6(9)4-5/h2*1-4H. The number of carbonyl (C=O) groups is 2. The van der Waals surface area contributed by atoms with Crippen LogP contribution in [0.2, 0.25) is 0 Å². The molecule has 20 heavy (non-hydrogen) atoms. The maximum absolute atomic E-state index is 12.3. The van der Waals surface area contributed by atoms with E-state index in [1.807, 2.05) is 6.07 Å². The summed E-state index contributed by atoms with van der Waals surface area (Å²) in [6.45, 7) is 0. The van der Waals surface area contributed by atoms with Crippen LogP contribution in [-0.2, 0) is 0 Å². The molecule has 0 saturated heterocycles. The van der Waals surface area contributed by atoms with Gasteiger partial charge < -0.3 is 0 Å². The van der Waals surface area contributed by atoms with E-state index in [1.165, 1.54) is 18.2 Å². The van der Waals surface area contributed by atoms with E-state index >= 15 is 0 Å². The molecule has 0 atom stereocenters. The van der Waals surface area contributed by atoms with E-state index in [0.717, 1.165) is 10.5 Å². The summed E-state index contributed by atoms with van der Waals surface area (Å²) in [7, 11) is 0. The molecule has 104 valence electrons. The van der Waals surface area contributed by atoms with Crippen molar-refractivity contribution in [2.45, 2.75) is 0 Å².